The number of nitrogens with zero attached hydrogens (tertiary/aromatic N) is 1. The van der Waals surface area contributed by atoms with Gasteiger partial charge in [0.15, 0.2) is 0 Å². The number of hydrogen-bond donors (Lipinski definition) is 1. The second-order valence-electron chi connectivity index (χ2n) is 4.70. The van der Waals surface area contributed by atoms with Crippen LogP contribution in [0.15, 0.2) is 23.6 Å². The average Bonchev–Trinajstić information content (AvgIpc) is 2.79. The summed E-state index contributed by atoms with van der Waals surface area (Å²) in [6, 6.07) is 3.41. The van der Waals surface area contributed by atoms with E-state index in [2.05, 4.69) is 4.98 Å². The molecule has 1 N–H and O–H groups in total. The van der Waals surface area contributed by atoms with Crippen LogP contribution in [0, 0.1) is 11.6 Å². The second-order valence-corrected chi connectivity index (χ2v) is 5.56. The lowest BCUT2D eigenvalue weighted by atomic mass is 9.96. The van der Waals surface area contributed by atoms with Crippen LogP contribution in [-0.4, -0.2) is 16.7 Å². The highest BCUT2D eigenvalue weighted by Crippen LogP contribution is 2.31. The Labute approximate surface area is 108 Å². The van der Waals surface area contributed by atoms with E-state index in [4.69, 9.17) is 0 Å². The van der Waals surface area contributed by atoms with Crippen molar-refractivity contribution in [3.63, 3.8) is 0 Å². The standard InChI is InChI=1S/C13H13F2NOS/c1-13(2,7-17)12-16-11(6-18-12)9-4-3-8(14)5-10(9)15/h3-6,17H,7H2,1-2H3. The molecule has 0 radical (unpaired) electrons. The van der Waals surface area contributed by atoms with E-state index in [0.717, 1.165) is 11.1 Å². The van der Waals surface area contributed by atoms with Gasteiger partial charge in [-0.1, -0.05) is 13.8 Å². The van der Waals surface area contributed by atoms with Gasteiger partial charge in [0.25, 0.3) is 0 Å². The molecule has 1 heterocycles. The first kappa shape index (κ1) is 13.1. The number of hydrogen-bond acceptors (Lipinski definition) is 3. The van der Waals surface area contributed by atoms with E-state index in [1.807, 2.05) is 13.8 Å². The number of aromatic nitrogens is 1. The third kappa shape index (κ3) is 2.42. The first-order chi connectivity index (χ1) is 8.44. The minimum Gasteiger partial charge on any atom is -0.395 e. The lowest BCUT2D eigenvalue weighted by Crippen LogP contribution is -2.21. The molecule has 0 fully saturated rings. The Balaban J connectivity index is 2.41. The molecule has 0 bridgehead atoms. The molecule has 0 aliphatic carbocycles. The summed E-state index contributed by atoms with van der Waals surface area (Å²) < 4.78 is 26.4. The molecule has 2 nitrogen and oxygen atoms in total. The first-order valence-corrected chi connectivity index (χ1v) is 6.34. The zero-order valence-corrected chi connectivity index (χ0v) is 10.9. The molecule has 0 aliphatic rings. The summed E-state index contributed by atoms with van der Waals surface area (Å²) in [5.41, 5.74) is 0.279. The van der Waals surface area contributed by atoms with Crippen LogP contribution >= 0.6 is 11.3 Å². The number of rotatable bonds is 3. The number of halogens is 2. The van der Waals surface area contributed by atoms with Crippen LogP contribution in [0.25, 0.3) is 11.3 Å². The highest BCUT2D eigenvalue weighted by molar-refractivity contribution is 7.10. The van der Waals surface area contributed by atoms with Crippen LogP contribution < -0.4 is 0 Å². The summed E-state index contributed by atoms with van der Waals surface area (Å²) in [7, 11) is 0. The van der Waals surface area contributed by atoms with Gasteiger partial charge in [0.2, 0.25) is 0 Å². The number of aliphatic hydroxyl groups is 1. The van der Waals surface area contributed by atoms with Gasteiger partial charge in [-0.2, -0.15) is 0 Å². The van der Waals surface area contributed by atoms with Crippen molar-refractivity contribution in [2.75, 3.05) is 6.61 Å². The Morgan fingerprint density at radius 1 is 1.33 bits per heavy atom. The van der Waals surface area contributed by atoms with E-state index in [9.17, 15) is 13.9 Å². The van der Waals surface area contributed by atoms with Gasteiger partial charge >= 0.3 is 0 Å². The Morgan fingerprint density at radius 3 is 2.67 bits per heavy atom. The zero-order valence-electron chi connectivity index (χ0n) is 10.1. The van der Waals surface area contributed by atoms with Crippen molar-refractivity contribution < 1.29 is 13.9 Å². The normalized spacial score (nSPS) is 11.8. The van der Waals surface area contributed by atoms with Crippen LogP contribution in [0.4, 0.5) is 8.78 Å². The Morgan fingerprint density at radius 2 is 2.06 bits per heavy atom. The third-order valence-corrected chi connectivity index (χ3v) is 3.89. The largest absolute Gasteiger partial charge is 0.395 e. The average molecular weight is 269 g/mol. The SMILES string of the molecule is CC(C)(CO)c1nc(-c2ccc(F)cc2F)cs1. The maximum atomic E-state index is 13.6. The molecule has 1 aromatic carbocycles. The maximum Gasteiger partial charge on any atom is 0.135 e. The molecule has 0 amide bonds. The van der Waals surface area contributed by atoms with E-state index in [1.54, 1.807) is 5.38 Å². The van der Waals surface area contributed by atoms with Crippen molar-refractivity contribution in [2.24, 2.45) is 0 Å². The maximum absolute atomic E-state index is 13.6. The summed E-state index contributed by atoms with van der Waals surface area (Å²) in [6.45, 7) is 3.68. The van der Waals surface area contributed by atoms with Crippen LogP contribution in [0.1, 0.15) is 18.9 Å². The van der Waals surface area contributed by atoms with Crippen LogP contribution in [0.3, 0.4) is 0 Å². The van der Waals surface area contributed by atoms with Crippen molar-refractivity contribution in [2.45, 2.75) is 19.3 Å². The topological polar surface area (TPSA) is 33.1 Å². The third-order valence-electron chi connectivity index (χ3n) is 2.69. The number of aliphatic hydroxyl groups excluding tert-OH is 1. The molecule has 2 aromatic rings. The number of benzene rings is 1. The van der Waals surface area contributed by atoms with Gasteiger partial charge in [0, 0.05) is 22.4 Å². The molecule has 0 atom stereocenters. The molecule has 0 spiro atoms. The van der Waals surface area contributed by atoms with Gasteiger partial charge in [-0.05, 0) is 12.1 Å². The molecule has 2 rings (SSSR count). The predicted molar refractivity (Wildman–Crippen MR) is 67.6 cm³/mol. The quantitative estimate of drug-likeness (QED) is 0.926. The van der Waals surface area contributed by atoms with Crippen LogP contribution in [0.2, 0.25) is 0 Å². The van der Waals surface area contributed by atoms with Crippen molar-refractivity contribution in [3.05, 3.63) is 40.2 Å². The molecule has 96 valence electrons. The monoisotopic (exact) mass is 269 g/mol. The second kappa shape index (κ2) is 4.74. The Hall–Kier alpha value is -1.33. The van der Waals surface area contributed by atoms with Crippen molar-refractivity contribution in [1.29, 1.82) is 0 Å². The minimum atomic E-state index is -0.631. The fraction of sp³-hybridized carbons (Fsp3) is 0.308. The summed E-state index contributed by atoms with van der Waals surface area (Å²) in [5, 5.41) is 11.7. The Kier molecular flexibility index (Phi) is 3.45. The van der Waals surface area contributed by atoms with Gasteiger partial charge in [-0.25, -0.2) is 13.8 Å². The van der Waals surface area contributed by atoms with E-state index in [1.165, 1.54) is 23.5 Å². The lowest BCUT2D eigenvalue weighted by Gasteiger charge is -2.17. The molecular weight excluding hydrogens is 256 g/mol. The molecular formula is C13H13F2NOS. The van der Waals surface area contributed by atoms with Gasteiger partial charge in [0.05, 0.1) is 12.3 Å². The Bertz CT molecular complexity index is 566. The van der Waals surface area contributed by atoms with E-state index in [0.29, 0.717) is 5.69 Å². The van der Waals surface area contributed by atoms with Crippen LogP contribution in [0.5, 0.6) is 0 Å². The summed E-state index contributed by atoms with van der Waals surface area (Å²) in [6.07, 6.45) is 0. The molecule has 0 saturated carbocycles. The highest BCUT2D eigenvalue weighted by atomic mass is 32.1. The zero-order chi connectivity index (χ0) is 13.3. The minimum absolute atomic E-state index is 0.0359. The molecule has 5 heteroatoms. The fourth-order valence-corrected chi connectivity index (χ4v) is 2.41. The van der Waals surface area contributed by atoms with Crippen molar-refractivity contribution in [3.8, 4) is 11.3 Å². The molecule has 1 aromatic heterocycles. The van der Waals surface area contributed by atoms with Gasteiger partial charge < -0.3 is 5.11 Å². The van der Waals surface area contributed by atoms with Gasteiger partial charge in [0.1, 0.15) is 16.6 Å². The first-order valence-electron chi connectivity index (χ1n) is 5.46. The fourth-order valence-electron chi connectivity index (χ4n) is 1.47. The van der Waals surface area contributed by atoms with Crippen molar-refractivity contribution in [1.82, 2.24) is 4.98 Å². The molecule has 0 unspecified atom stereocenters. The summed E-state index contributed by atoms with van der Waals surface area (Å²) in [5.74, 6) is -1.24. The van der Waals surface area contributed by atoms with E-state index < -0.39 is 17.0 Å². The number of thiazole rings is 1. The molecule has 18 heavy (non-hydrogen) atoms. The van der Waals surface area contributed by atoms with Gasteiger partial charge in [-0.3, -0.25) is 0 Å². The summed E-state index contributed by atoms with van der Waals surface area (Å²) >= 11 is 1.36. The highest BCUT2D eigenvalue weighted by Gasteiger charge is 2.24. The lowest BCUT2D eigenvalue weighted by molar-refractivity contribution is 0.218. The van der Waals surface area contributed by atoms with E-state index in [-0.39, 0.29) is 12.2 Å². The van der Waals surface area contributed by atoms with Gasteiger partial charge in [-0.15, -0.1) is 11.3 Å². The predicted octanol–water partition coefficient (Wildman–Crippen LogP) is 3.36. The smallest absolute Gasteiger partial charge is 0.135 e. The van der Waals surface area contributed by atoms with Crippen molar-refractivity contribution >= 4 is 11.3 Å². The van der Waals surface area contributed by atoms with Crippen LogP contribution in [-0.2, 0) is 5.41 Å². The van der Waals surface area contributed by atoms with E-state index >= 15 is 0 Å². The molecule has 0 saturated heterocycles. The molecule has 0 aliphatic heterocycles. The summed E-state index contributed by atoms with van der Waals surface area (Å²) in [4.78, 5) is 4.31.